The fraction of sp³-hybridized carbons (Fsp3) is 0.292. The van der Waals surface area contributed by atoms with Crippen molar-refractivity contribution in [1.29, 1.82) is 0 Å². The molecule has 3 aromatic rings. The zero-order valence-corrected chi connectivity index (χ0v) is 19.1. The number of aromatic nitrogens is 2. The number of carbonyl (C=O) groups excluding carboxylic acids is 1. The summed E-state index contributed by atoms with van der Waals surface area (Å²) in [5, 5.41) is 2.90. The summed E-state index contributed by atoms with van der Waals surface area (Å²) in [5.74, 6) is 0.302. The van der Waals surface area contributed by atoms with Crippen LogP contribution in [0, 0.1) is 6.92 Å². The number of hydrogen-bond acceptors (Lipinski definition) is 6. The number of aryl methyl sites for hydroxylation is 1. The molecule has 2 aromatic carbocycles. The van der Waals surface area contributed by atoms with E-state index in [1.807, 2.05) is 55.6 Å². The molecule has 1 aliphatic rings. The van der Waals surface area contributed by atoms with Crippen molar-refractivity contribution in [1.82, 2.24) is 9.55 Å². The third-order valence-electron chi connectivity index (χ3n) is 5.46. The zero-order valence-electron chi connectivity index (χ0n) is 18.3. The van der Waals surface area contributed by atoms with Gasteiger partial charge in [-0.15, -0.1) is 11.8 Å². The van der Waals surface area contributed by atoms with Gasteiger partial charge in [0.1, 0.15) is 6.54 Å². The number of carbonyl (C=O) groups is 1. The average Bonchev–Trinajstić information content (AvgIpc) is 2.81. The quantitative estimate of drug-likeness (QED) is 0.583. The fourth-order valence-electron chi connectivity index (χ4n) is 3.84. The highest BCUT2D eigenvalue weighted by Crippen LogP contribution is 2.20. The number of nitrogens with zero attached hydrogens (tertiary/aromatic N) is 4. The number of thioether (sulfide) groups is 1. The first kappa shape index (κ1) is 22.0. The van der Waals surface area contributed by atoms with Gasteiger partial charge in [-0.2, -0.15) is 0 Å². The third-order valence-corrected chi connectivity index (χ3v) is 6.18. The second-order valence-corrected chi connectivity index (χ2v) is 8.59. The average molecular weight is 450 g/mol. The molecule has 166 valence electrons. The van der Waals surface area contributed by atoms with E-state index in [1.54, 1.807) is 11.8 Å². The Bertz CT molecular complexity index is 1140. The Labute approximate surface area is 192 Å². The van der Waals surface area contributed by atoms with E-state index in [2.05, 4.69) is 32.2 Å². The molecule has 4 rings (SSSR count). The molecular weight excluding hydrogens is 422 g/mol. The highest BCUT2D eigenvalue weighted by atomic mass is 32.2. The van der Waals surface area contributed by atoms with Gasteiger partial charge in [0.15, 0.2) is 0 Å². The van der Waals surface area contributed by atoms with Gasteiger partial charge in [0.05, 0.1) is 0 Å². The molecule has 1 N–H and O–H groups in total. The van der Waals surface area contributed by atoms with Crippen LogP contribution in [0.4, 0.5) is 17.3 Å². The molecule has 1 amide bonds. The van der Waals surface area contributed by atoms with Gasteiger partial charge in [0, 0.05) is 54.2 Å². The lowest BCUT2D eigenvalue weighted by molar-refractivity contribution is -0.116. The first-order valence-corrected chi connectivity index (χ1v) is 11.8. The van der Waals surface area contributed by atoms with E-state index < -0.39 is 0 Å². The van der Waals surface area contributed by atoms with Gasteiger partial charge in [-0.05, 0) is 43.5 Å². The van der Waals surface area contributed by atoms with Crippen molar-refractivity contribution in [2.24, 2.45) is 0 Å². The number of anilines is 3. The number of hydrogen-bond donors (Lipinski definition) is 1. The summed E-state index contributed by atoms with van der Waals surface area (Å²) in [4.78, 5) is 35.6. The highest BCUT2D eigenvalue weighted by molar-refractivity contribution is 7.98. The number of rotatable bonds is 6. The van der Waals surface area contributed by atoms with Crippen LogP contribution in [0.5, 0.6) is 0 Å². The molecule has 1 saturated heterocycles. The van der Waals surface area contributed by atoms with Crippen molar-refractivity contribution in [3.63, 3.8) is 0 Å². The third kappa shape index (κ3) is 5.13. The lowest BCUT2D eigenvalue weighted by Crippen LogP contribution is -2.48. The smallest absolute Gasteiger partial charge is 0.255 e. The molecule has 0 saturated carbocycles. The van der Waals surface area contributed by atoms with Crippen LogP contribution in [0.15, 0.2) is 70.4 Å². The topological polar surface area (TPSA) is 70.5 Å². The van der Waals surface area contributed by atoms with Crippen LogP contribution in [0.3, 0.4) is 0 Å². The molecule has 1 aliphatic heterocycles. The van der Waals surface area contributed by atoms with E-state index in [0.29, 0.717) is 17.3 Å². The predicted octanol–water partition coefficient (Wildman–Crippen LogP) is 3.24. The number of nitrogens with one attached hydrogen (secondary N) is 1. The standard InChI is InChI=1S/C24H27N5O2S/c1-18-15-23(31)29(17-22(30)26-19-7-6-10-21(16-19)32-2)24(25-18)28-13-11-27(12-14-28)20-8-4-3-5-9-20/h3-10,15-16H,11-14,17H2,1-2H3,(H,26,30). The van der Waals surface area contributed by atoms with Gasteiger partial charge in [-0.25, -0.2) is 4.98 Å². The van der Waals surface area contributed by atoms with E-state index in [9.17, 15) is 9.59 Å². The van der Waals surface area contributed by atoms with Crippen LogP contribution >= 0.6 is 11.8 Å². The molecule has 0 aliphatic carbocycles. The maximum Gasteiger partial charge on any atom is 0.255 e. The minimum Gasteiger partial charge on any atom is -0.368 e. The molecule has 0 atom stereocenters. The molecule has 0 bridgehead atoms. The predicted molar refractivity (Wildman–Crippen MR) is 131 cm³/mol. The van der Waals surface area contributed by atoms with Crippen LogP contribution in [-0.4, -0.2) is 47.9 Å². The second-order valence-electron chi connectivity index (χ2n) is 7.71. The molecule has 7 nitrogen and oxygen atoms in total. The molecule has 1 aromatic heterocycles. The maximum atomic E-state index is 12.8. The summed E-state index contributed by atoms with van der Waals surface area (Å²) in [6.07, 6.45) is 1.99. The summed E-state index contributed by atoms with van der Waals surface area (Å²) in [6.45, 7) is 4.82. The Kier molecular flexibility index (Phi) is 6.80. The molecule has 1 fully saturated rings. The molecule has 0 unspecified atom stereocenters. The number of benzene rings is 2. The van der Waals surface area contributed by atoms with Crippen LogP contribution in [0.1, 0.15) is 5.69 Å². The Hall–Kier alpha value is -3.26. The summed E-state index contributed by atoms with van der Waals surface area (Å²) in [5.41, 5.74) is 2.34. The van der Waals surface area contributed by atoms with Crippen molar-refractivity contribution in [3.05, 3.63) is 76.7 Å². The summed E-state index contributed by atoms with van der Waals surface area (Å²) in [6, 6.07) is 19.4. The Balaban J connectivity index is 1.50. The number of amides is 1. The van der Waals surface area contributed by atoms with Crippen molar-refractivity contribution in [2.75, 3.05) is 47.6 Å². The van der Waals surface area contributed by atoms with E-state index in [4.69, 9.17) is 0 Å². The molecule has 0 radical (unpaired) electrons. The van der Waals surface area contributed by atoms with E-state index in [0.717, 1.165) is 31.1 Å². The van der Waals surface area contributed by atoms with Crippen LogP contribution in [0.25, 0.3) is 0 Å². The zero-order chi connectivity index (χ0) is 22.5. The summed E-state index contributed by atoms with van der Waals surface area (Å²) < 4.78 is 1.47. The Morgan fingerprint density at radius 1 is 1.00 bits per heavy atom. The van der Waals surface area contributed by atoms with Gasteiger partial charge in [0.25, 0.3) is 5.56 Å². The van der Waals surface area contributed by atoms with Crippen molar-refractivity contribution < 1.29 is 4.79 Å². The molecule has 8 heteroatoms. The lowest BCUT2D eigenvalue weighted by Gasteiger charge is -2.37. The van der Waals surface area contributed by atoms with Crippen molar-refractivity contribution in [3.8, 4) is 0 Å². The Morgan fingerprint density at radius 2 is 1.72 bits per heavy atom. The normalized spacial score (nSPS) is 13.8. The number of piperazine rings is 1. The minimum absolute atomic E-state index is 0.0795. The van der Waals surface area contributed by atoms with Gasteiger partial charge >= 0.3 is 0 Å². The SMILES string of the molecule is CSc1cccc(NC(=O)Cn2c(N3CCN(c4ccccc4)CC3)nc(C)cc2=O)c1. The molecule has 32 heavy (non-hydrogen) atoms. The summed E-state index contributed by atoms with van der Waals surface area (Å²) >= 11 is 1.61. The monoisotopic (exact) mass is 449 g/mol. The van der Waals surface area contributed by atoms with Gasteiger partial charge in [-0.3, -0.25) is 14.2 Å². The molecule has 0 spiro atoms. The minimum atomic E-state index is -0.250. The lowest BCUT2D eigenvalue weighted by atomic mass is 10.2. The first-order valence-electron chi connectivity index (χ1n) is 10.6. The second kappa shape index (κ2) is 9.91. The van der Waals surface area contributed by atoms with Gasteiger partial charge < -0.3 is 15.1 Å². The van der Waals surface area contributed by atoms with Crippen LogP contribution < -0.4 is 20.7 Å². The van der Waals surface area contributed by atoms with Crippen LogP contribution in [-0.2, 0) is 11.3 Å². The van der Waals surface area contributed by atoms with Crippen molar-refractivity contribution in [2.45, 2.75) is 18.4 Å². The molecular formula is C24H27N5O2S. The maximum absolute atomic E-state index is 12.8. The Morgan fingerprint density at radius 3 is 2.44 bits per heavy atom. The summed E-state index contributed by atoms with van der Waals surface area (Å²) in [7, 11) is 0. The highest BCUT2D eigenvalue weighted by Gasteiger charge is 2.22. The van der Waals surface area contributed by atoms with Crippen molar-refractivity contribution >= 4 is 35.0 Å². The van der Waals surface area contributed by atoms with E-state index in [1.165, 1.54) is 16.3 Å². The fourth-order valence-corrected chi connectivity index (χ4v) is 4.30. The molecule has 2 heterocycles. The largest absolute Gasteiger partial charge is 0.368 e. The first-order chi connectivity index (χ1) is 15.5. The number of para-hydroxylation sites is 1. The van der Waals surface area contributed by atoms with E-state index >= 15 is 0 Å². The van der Waals surface area contributed by atoms with Gasteiger partial charge in [0.2, 0.25) is 11.9 Å². The van der Waals surface area contributed by atoms with E-state index in [-0.39, 0.29) is 18.0 Å². The van der Waals surface area contributed by atoms with Crippen LogP contribution in [0.2, 0.25) is 0 Å². The van der Waals surface area contributed by atoms with Gasteiger partial charge in [-0.1, -0.05) is 24.3 Å².